The van der Waals surface area contributed by atoms with Crippen molar-refractivity contribution in [2.45, 2.75) is 25.4 Å². The van der Waals surface area contributed by atoms with Crippen LogP contribution in [0.25, 0.3) is 11.0 Å². The topological polar surface area (TPSA) is 56.3 Å². The zero-order valence-corrected chi connectivity index (χ0v) is 11.8. The van der Waals surface area contributed by atoms with E-state index >= 15 is 0 Å². The van der Waals surface area contributed by atoms with Crippen molar-refractivity contribution in [3.05, 3.63) is 17.9 Å². The van der Waals surface area contributed by atoms with E-state index in [0.29, 0.717) is 17.5 Å². The Bertz CT molecular complexity index is 636. The predicted molar refractivity (Wildman–Crippen MR) is 76.3 cm³/mol. The lowest BCUT2D eigenvalue weighted by Crippen LogP contribution is -2.25. The number of nitrogens with zero attached hydrogens (tertiary/aromatic N) is 3. The third kappa shape index (κ3) is 2.31. The Morgan fingerprint density at radius 3 is 2.90 bits per heavy atom. The number of hydrogen-bond acceptors (Lipinski definition) is 4. The molecule has 0 aliphatic heterocycles. The van der Waals surface area contributed by atoms with Crippen molar-refractivity contribution in [3.63, 3.8) is 0 Å². The highest BCUT2D eigenvalue weighted by atomic mass is 19.1. The van der Waals surface area contributed by atoms with Crippen LogP contribution in [-0.4, -0.2) is 41.2 Å². The molecule has 1 aromatic carbocycles. The first-order valence-electron chi connectivity index (χ1n) is 6.79. The molecular formula is C14H19FN4O. The van der Waals surface area contributed by atoms with Gasteiger partial charge < -0.3 is 19.9 Å². The minimum absolute atomic E-state index is 0.217. The van der Waals surface area contributed by atoms with E-state index in [-0.39, 0.29) is 5.75 Å². The number of nitrogen functional groups attached to an aromatic ring is 1. The lowest BCUT2D eigenvalue weighted by atomic mass is 10.3. The highest BCUT2D eigenvalue weighted by Gasteiger charge is 2.25. The van der Waals surface area contributed by atoms with Crippen molar-refractivity contribution in [1.82, 2.24) is 14.5 Å². The van der Waals surface area contributed by atoms with Gasteiger partial charge in [0.05, 0.1) is 18.1 Å². The monoisotopic (exact) mass is 278 g/mol. The van der Waals surface area contributed by atoms with Crippen LogP contribution in [-0.2, 0) is 6.54 Å². The van der Waals surface area contributed by atoms with Crippen LogP contribution in [0, 0.1) is 5.82 Å². The Morgan fingerprint density at radius 1 is 1.50 bits per heavy atom. The van der Waals surface area contributed by atoms with E-state index in [1.165, 1.54) is 26.0 Å². The summed E-state index contributed by atoms with van der Waals surface area (Å²) in [6.07, 6.45) is 2.55. The summed E-state index contributed by atoms with van der Waals surface area (Å²) in [6, 6.07) is 3.73. The van der Waals surface area contributed by atoms with Gasteiger partial charge in [0.15, 0.2) is 11.6 Å². The third-order valence-electron chi connectivity index (χ3n) is 3.90. The van der Waals surface area contributed by atoms with Crippen molar-refractivity contribution in [2.24, 2.45) is 0 Å². The molecule has 0 amide bonds. The molecule has 0 radical (unpaired) electrons. The Kier molecular flexibility index (Phi) is 3.25. The van der Waals surface area contributed by atoms with Crippen molar-refractivity contribution in [2.75, 3.05) is 26.4 Å². The molecular weight excluding hydrogens is 259 g/mol. The van der Waals surface area contributed by atoms with Crippen LogP contribution in [0.1, 0.15) is 12.8 Å². The van der Waals surface area contributed by atoms with E-state index in [1.54, 1.807) is 6.07 Å². The summed E-state index contributed by atoms with van der Waals surface area (Å²) >= 11 is 0. The van der Waals surface area contributed by atoms with Gasteiger partial charge in [-0.05, 0) is 19.9 Å². The predicted octanol–water partition coefficient (Wildman–Crippen LogP) is 1.86. The minimum Gasteiger partial charge on any atom is -0.494 e. The summed E-state index contributed by atoms with van der Waals surface area (Å²) < 4.78 is 20.6. The molecule has 1 aliphatic carbocycles. The fourth-order valence-electron chi connectivity index (χ4n) is 2.49. The molecule has 2 N–H and O–H groups in total. The molecule has 1 aliphatic rings. The zero-order valence-electron chi connectivity index (χ0n) is 11.8. The number of methoxy groups -OCH3 is 1. The van der Waals surface area contributed by atoms with E-state index in [4.69, 9.17) is 10.5 Å². The summed E-state index contributed by atoms with van der Waals surface area (Å²) in [6.45, 7) is 1.64. The number of halogens is 1. The maximum absolute atomic E-state index is 13.7. The molecule has 1 saturated carbocycles. The van der Waals surface area contributed by atoms with Crippen LogP contribution in [0.2, 0.25) is 0 Å². The van der Waals surface area contributed by atoms with Crippen LogP contribution >= 0.6 is 0 Å². The second-order valence-electron chi connectivity index (χ2n) is 5.31. The normalized spacial score (nSPS) is 15.2. The molecule has 0 spiro atoms. The molecule has 0 saturated heterocycles. The first-order chi connectivity index (χ1) is 9.60. The quantitative estimate of drug-likeness (QED) is 0.907. The number of nitrogens with two attached hydrogens (primary N) is 1. The van der Waals surface area contributed by atoms with E-state index < -0.39 is 5.82 Å². The van der Waals surface area contributed by atoms with Gasteiger partial charge in [0.25, 0.3) is 0 Å². The van der Waals surface area contributed by atoms with Crippen LogP contribution in [0.15, 0.2) is 12.1 Å². The maximum Gasteiger partial charge on any atom is 0.201 e. The Morgan fingerprint density at radius 2 is 2.25 bits per heavy atom. The largest absolute Gasteiger partial charge is 0.494 e. The number of anilines is 1. The number of aromatic nitrogens is 2. The summed E-state index contributed by atoms with van der Waals surface area (Å²) in [5.41, 5.74) is 7.32. The Balaban J connectivity index is 1.90. The number of rotatable bonds is 5. The van der Waals surface area contributed by atoms with Gasteiger partial charge in [-0.1, -0.05) is 0 Å². The lowest BCUT2D eigenvalue weighted by molar-refractivity contribution is 0.311. The van der Waals surface area contributed by atoms with Crippen molar-refractivity contribution in [3.8, 4) is 5.75 Å². The average Bonchev–Trinajstić information content (AvgIpc) is 3.21. The second-order valence-corrected chi connectivity index (χ2v) is 5.31. The number of likely N-dealkylation sites (N-methyl/N-ethyl adjacent to an activating group) is 1. The molecule has 2 aromatic rings. The van der Waals surface area contributed by atoms with Crippen molar-refractivity contribution in [1.29, 1.82) is 0 Å². The fraction of sp³-hybridized carbons (Fsp3) is 0.500. The minimum atomic E-state index is -0.417. The molecule has 0 unspecified atom stereocenters. The summed E-state index contributed by atoms with van der Waals surface area (Å²) in [4.78, 5) is 6.54. The van der Waals surface area contributed by atoms with Crippen LogP contribution < -0.4 is 10.5 Å². The number of imidazole rings is 1. The van der Waals surface area contributed by atoms with E-state index in [1.807, 2.05) is 4.57 Å². The Hall–Kier alpha value is -1.82. The molecule has 6 heteroatoms. The molecule has 1 heterocycles. The van der Waals surface area contributed by atoms with Crippen LogP contribution in [0.3, 0.4) is 0 Å². The van der Waals surface area contributed by atoms with E-state index in [9.17, 15) is 4.39 Å². The standard InChI is InChI=1S/C14H19FN4O/c1-18(9-3-4-9)5-6-19-12-8-13(20-2)10(15)7-11(12)17-14(19)16/h7-9H,3-6H2,1-2H3,(H2,16,17). The fourth-order valence-corrected chi connectivity index (χ4v) is 2.49. The van der Waals surface area contributed by atoms with Gasteiger partial charge in [0.1, 0.15) is 0 Å². The highest BCUT2D eigenvalue weighted by molar-refractivity contribution is 5.80. The summed E-state index contributed by atoms with van der Waals surface area (Å²) in [5, 5.41) is 0. The molecule has 1 fully saturated rings. The van der Waals surface area contributed by atoms with Gasteiger partial charge in [-0.3, -0.25) is 0 Å². The number of fused-ring (bicyclic) bond motifs is 1. The zero-order chi connectivity index (χ0) is 14.3. The van der Waals surface area contributed by atoms with Crippen molar-refractivity contribution < 1.29 is 9.13 Å². The number of ether oxygens (including phenoxy) is 1. The second kappa shape index (κ2) is 4.94. The Labute approximate surface area is 117 Å². The third-order valence-corrected chi connectivity index (χ3v) is 3.90. The van der Waals surface area contributed by atoms with Gasteiger partial charge in [-0.2, -0.15) is 0 Å². The highest BCUT2D eigenvalue weighted by Crippen LogP contribution is 2.28. The first kappa shape index (κ1) is 13.2. The van der Waals surface area contributed by atoms with Crippen molar-refractivity contribution >= 4 is 17.0 Å². The summed E-state index contributed by atoms with van der Waals surface area (Å²) in [5.74, 6) is 0.214. The molecule has 1 aromatic heterocycles. The van der Waals surface area contributed by atoms with Gasteiger partial charge in [-0.25, -0.2) is 9.37 Å². The maximum atomic E-state index is 13.7. The number of hydrogen-bond donors (Lipinski definition) is 1. The SMILES string of the molecule is COc1cc2c(cc1F)nc(N)n2CCN(C)C1CC1. The van der Waals surface area contributed by atoms with Crippen LogP contribution in [0.5, 0.6) is 5.75 Å². The summed E-state index contributed by atoms with van der Waals surface area (Å²) in [7, 11) is 3.57. The molecule has 0 atom stereocenters. The smallest absolute Gasteiger partial charge is 0.201 e. The molecule has 108 valence electrons. The van der Waals surface area contributed by atoms with E-state index in [0.717, 1.165) is 18.6 Å². The molecule has 5 nitrogen and oxygen atoms in total. The van der Waals surface area contributed by atoms with Gasteiger partial charge in [0.2, 0.25) is 5.95 Å². The van der Waals surface area contributed by atoms with E-state index in [2.05, 4.69) is 16.9 Å². The number of benzene rings is 1. The average molecular weight is 278 g/mol. The molecule has 20 heavy (non-hydrogen) atoms. The van der Waals surface area contributed by atoms with Gasteiger partial charge in [0, 0.05) is 31.3 Å². The lowest BCUT2D eigenvalue weighted by Gasteiger charge is -2.16. The van der Waals surface area contributed by atoms with Crippen LogP contribution in [0.4, 0.5) is 10.3 Å². The van der Waals surface area contributed by atoms with Gasteiger partial charge >= 0.3 is 0 Å². The first-order valence-corrected chi connectivity index (χ1v) is 6.79. The molecule has 0 bridgehead atoms. The van der Waals surface area contributed by atoms with Gasteiger partial charge in [-0.15, -0.1) is 0 Å². The molecule has 3 rings (SSSR count).